The molecule has 2 aliphatic carbocycles. The summed E-state index contributed by atoms with van der Waals surface area (Å²) in [5.41, 5.74) is 0.575. The van der Waals surface area contributed by atoms with E-state index in [4.69, 9.17) is 0 Å². The van der Waals surface area contributed by atoms with Crippen molar-refractivity contribution in [3.8, 4) is 11.8 Å². The Labute approximate surface area is 116 Å². The van der Waals surface area contributed by atoms with Gasteiger partial charge in [0.1, 0.15) is 5.60 Å². The second-order valence-electron chi connectivity index (χ2n) is 6.89. The first kappa shape index (κ1) is 12.8. The standard InChI is InChI=1S/C18H22O/c1-13-16-11-15(17(13,2)3)12-18(16,19)10-9-14-7-5-4-6-8-14/h4-8,13,15-16,19H,11-12H2,1-3H3/t13-,15+,16+,18+/m0/s1. The Morgan fingerprint density at radius 3 is 2.47 bits per heavy atom. The van der Waals surface area contributed by atoms with Crippen molar-refractivity contribution in [2.24, 2.45) is 23.2 Å². The quantitative estimate of drug-likeness (QED) is 0.703. The Balaban J connectivity index is 1.86. The minimum absolute atomic E-state index is 0.337. The average Bonchev–Trinajstić information content (AvgIpc) is 2.85. The van der Waals surface area contributed by atoms with Gasteiger partial charge in [0.25, 0.3) is 0 Å². The van der Waals surface area contributed by atoms with Gasteiger partial charge in [-0.25, -0.2) is 0 Å². The average molecular weight is 254 g/mol. The Morgan fingerprint density at radius 2 is 1.89 bits per heavy atom. The van der Waals surface area contributed by atoms with Gasteiger partial charge in [-0.05, 0) is 42.2 Å². The smallest absolute Gasteiger partial charge is 0.129 e. The molecule has 1 heteroatoms. The van der Waals surface area contributed by atoms with E-state index < -0.39 is 5.60 Å². The van der Waals surface area contributed by atoms with Crippen LogP contribution in [0, 0.1) is 35.0 Å². The Morgan fingerprint density at radius 1 is 1.21 bits per heavy atom. The van der Waals surface area contributed by atoms with Crippen LogP contribution in [0.2, 0.25) is 0 Å². The van der Waals surface area contributed by atoms with Gasteiger partial charge >= 0.3 is 0 Å². The minimum atomic E-state index is -0.768. The van der Waals surface area contributed by atoms with Crippen molar-refractivity contribution in [1.29, 1.82) is 0 Å². The summed E-state index contributed by atoms with van der Waals surface area (Å²) in [6.07, 6.45) is 1.98. The van der Waals surface area contributed by atoms with Crippen LogP contribution in [0.1, 0.15) is 39.2 Å². The highest BCUT2D eigenvalue weighted by Gasteiger charge is 2.60. The number of aliphatic hydroxyl groups is 1. The topological polar surface area (TPSA) is 20.2 Å². The monoisotopic (exact) mass is 254 g/mol. The van der Waals surface area contributed by atoms with Crippen LogP contribution in [0.25, 0.3) is 0 Å². The summed E-state index contributed by atoms with van der Waals surface area (Å²) < 4.78 is 0. The molecule has 0 aliphatic heterocycles. The van der Waals surface area contributed by atoms with Crippen LogP contribution in [-0.2, 0) is 0 Å². The molecule has 0 heterocycles. The molecule has 100 valence electrons. The number of hydrogen-bond donors (Lipinski definition) is 1. The zero-order chi connectivity index (χ0) is 13.7. The van der Waals surface area contributed by atoms with Gasteiger partial charge < -0.3 is 5.11 Å². The fourth-order valence-electron chi connectivity index (χ4n) is 4.03. The first-order chi connectivity index (χ1) is 8.93. The molecule has 1 aromatic rings. The molecular formula is C18H22O. The molecule has 0 spiro atoms. The second kappa shape index (κ2) is 4.12. The molecule has 3 rings (SSSR count). The van der Waals surface area contributed by atoms with Gasteiger partial charge in [0.15, 0.2) is 0 Å². The zero-order valence-electron chi connectivity index (χ0n) is 12.0. The third kappa shape index (κ3) is 1.90. The van der Waals surface area contributed by atoms with Crippen molar-refractivity contribution in [2.45, 2.75) is 39.2 Å². The van der Waals surface area contributed by atoms with Gasteiger partial charge in [0.2, 0.25) is 0 Å². The van der Waals surface area contributed by atoms with Crippen LogP contribution in [0.15, 0.2) is 30.3 Å². The molecule has 19 heavy (non-hydrogen) atoms. The van der Waals surface area contributed by atoms with Gasteiger partial charge in [-0.15, -0.1) is 0 Å². The maximum atomic E-state index is 10.9. The molecular weight excluding hydrogens is 232 g/mol. The molecule has 2 aliphatic rings. The SMILES string of the molecule is C[C@H]1[C@H]2C[C@H](C[C@]2(O)C#Cc2ccccc2)C1(C)C. The van der Waals surface area contributed by atoms with Crippen molar-refractivity contribution in [2.75, 3.05) is 0 Å². The Hall–Kier alpha value is -1.26. The van der Waals surface area contributed by atoms with Crippen molar-refractivity contribution >= 4 is 0 Å². The van der Waals surface area contributed by atoms with E-state index >= 15 is 0 Å². The maximum Gasteiger partial charge on any atom is 0.129 e. The molecule has 0 saturated heterocycles. The lowest BCUT2D eigenvalue weighted by Gasteiger charge is -2.42. The first-order valence-electron chi connectivity index (χ1n) is 7.24. The van der Waals surface area contributed by atoms with Gasteiger partial charge in [0, 0.05) is 11.5 Å². The van der Waals surface area contributed by atoms with Gasteiger partial charge in [0.05, 0.1) is 0 Å². The Bertz CT molecular complexity index is 530. The van der Waals surface area contributed by atoms with E-state index in [9.17, 15) is 5.11 Å². The van der Waals surface area contributed by atoms with Gasteiger partial charge in [-0.3, -0.25) is 0 Å². The van der Waals surface area contributed by atoms with Crippen LogP contribution in [-0.4, -0.2) is 10.7 Å². The number of benzene rings is 1. The minimum Gasteiger partial charge on any atom is -0.377 e. The molecule has 2 saturated carbocycles. The molecule has 2 bridgehead atoms. The van der Waals surface area contributed by atoms with E-state index in [0.29, 0.717) is 23.2 Å². The summed E-state index contributed by atoms with van der Waals surface area (Å²) in [6, 6.07) is 9.96. The highest BCUT2D eigenvalue weighted by Crippen LogP contribution is 2.62. The molecule has 4 atom stereocenters. The summed E-state index contributed by atoms with van der Waals surface area (Å²) in [7, 11) is 0. The van der Waals surface area contributed by atoms with E-state index in [1.807, 2.05) is 30.3 Å². The molecule has 0 aromatic heterocycles. The van der Waals surface area contributed by atoms with E-state index in [0.717, 1.165) is 18.4 Å². The third-order valence-corrected chi connectivity index (χ3v) is 5.74. The summed E-state index contributed by atoms with van der Waals surface area (Å²) in [6.45, 7) is 6.96. The van der Waals surface area contributed by atoms with E-state index in [2.05, 4.69) is 32.6 Å². The predicted molar refractivity (Wildman–Crippen MR) is 77.4 cm³/mol. The van der Waals surface area contributed by atoms with Gasteiger partial charge in [-0.2, -0.15) is 0 Å². The van der Waals surface area contributed by atoms with E-state index in [1.165, 1.54) is 0 Å². The van der Waals surface area contributed by atoms with Crippen LogP contribution in [0.4, 0.5) is 0 Å². The largest absolute Gasteiger partial charge is 0.377 e. The molecule has 1 N–H and O–H groups in total. The fourth-order valence-corrected chi connectivity index (χ4v) is 4.03. The van der Waals surface area contributed by atoms with Gasteiger partial charge in [-0.1, -0.05) is 50.8 Å². The Kier molecular flexibility index (Phi) is 2.76. The summed E-state index contributed by atoms with van der Waals surface area (Å²) in [4.78, 5) is 0. The third-order valence-electron chi connectivity index (χ3n) is 5.74. The predicted octanol–water partition coefficient (Wildman–Crippen LogP) is 3.47. The lowest BCUT2D eigenvalue weighted by atomic mass is 9.65. The number of rotatable bonds is 0. The lowest BCUT2D eigenvalue weighted by molar-refractivity contribution is -0.0250. The molecule has 1 aromatic carbocycles. The van der Waals surface area contributed by atoms with Crippen molar-refractivity contribution < 1.29 is 5.11 Å². The molecule has 1 nitrogen and oxygen atoms in total. The molecule has 0 amide bonds. The van der Waals surface area contributed by atoms with E-state index in [-0.39, 0.29) is 0 Å². The lowest BCUT2D eigenvalue weighted by Crippen LogP contribution is -2.44. The maximum absolute atomic E-state index is 10.9. The van der Waals surface area contributed by atoms with Crippen molar-refractivity contribution in [1.82, 2.24) is 0 Å². The van der Waals surface area contributed by atoms with Crippen molar-refractivity contribution in [3.63, 3.8) is 0 Å². The summed E-state index contributed by atoms with van der Waals surface area (Å²) in [5.74, 6) is 7.83. The van der Waals surface area contributed by atoms with Crippen LogP contribution >= 0.6 is 0 Å². The van der Waals surface area contributed by atoms with Crippen molar-refractivity contribution in [3.05, 3.63) is 35.9 Å². The zero-order valence-corrected chi connectivity index (χ0v) is 12.0. The number of fused-ring (bicyclic) bond motifs is 2. The highest BCUT2D eigenvalue weighted by molar-refractivity contribution is 5.37. The normalized spacial score (nSPS) is 38.8. The number of hydrogen-bond acceptors (Lipinski definition) is 1. The molecule has 0 radical (unpaired) electrons. The van der Waals surface area contributed by atoms with Crippen LogP contribution < -0.4 is 0 Å². The molecule has 0 unspecified atom stereocenters. The van der Waals surface area contributed by atoms with Crippen LogP contribution in [0.5, 0.6) is 0 Å². The first-order valence-corrected chi connectivity index (χ1v) is 7.24. The second-order valence-corrected chi connectivity index (χ2v) is 6.89. The summed E-state index contributed by atoms with van der Waals surface area (Å²) >= 11 is 0. The van der Waals surface area contributed by atoms with E-state index in [1.54, 1.807) is 0 Å². The highest BCUT2D eigenvalue weighted by atomic mass is 16.3. The fraction of sp³-hybridized carbons (Fsp3) is 0.556. The van der Waals surface area contributed by atoms with Crippen LogP contribution in [0.3, 0.4) is 0 Å². The summed E-state index contributed by atoms with van der Waals surface area (Å²) in [5, 5.41) is 10.9. The molecule has 2 fully saturated rings.